The van der Waals surface area contributed by atoms with Crippen molar-refractivity contribution in [2.24, 2.45) is 0 Å². The van der Waals surface area contributed by atoms with Gasteiger partial charge in [0.05, 0.1) is 18.1 Å². The summed E-state index contributed by atoms with van der Waals surface area (Å²) in [6.07, 6.45) is 6.48. The second-order valence-electron chi connectivity index (χ2n) is 4.36. The van der Waals surface area contributed by atoms with E-state index in [9.17, 15) is 0 Å². The summed E-state index contributed by atoms with van der Waals surface area (Å²) in [5.74, 6) is 0. The van der Waals surface area contributed by atoms with Crippen LogP contribution in [0, 0.1) is 0 Å². The highest BCUT2D eigenvalue weighted by molar-refractivity contribution is 5.42. The molecule has 1 aromatic heterocycles. The van der Waals surface area contributed by atoms with Crippen molar-refractivity contribution < 1.29 is 0 Å². The van der Waals surface area contributed by atoms with Gasteiger partial charge in [0.2, 0.25) is 0 Å². The number of anilines is 1. The molecule has 1 unspecified atom stereocenters. The summed E-state index contributed by atoms with van der Waals surface area (Å²) >= 11 is 0. The Bertz CT molecular complexity index is 314. The fourth-order valence-electron chi connectivity index (χ4n) is 1.96. The molecule has 2 rings (SSSR count). The Morgan fingerprint density at radius 1 is 1.47 bits per heavy atom. The zero-order valence-corrected chi connectivity index (χ0v) is 9.40. The molecule has 2 heterocycles. The van der Waals surface area contributed by atoms with E-state index < -0.39 is 0 Å². The Labute approximate surface area is 90.7 Å². The molecular formula is C11H18N4. The molecule has 82 valence electrons. The van der Waals surface area contributed by atoms with E-state index in [1.54, 1.807) is 6.33 Å². The molecule has 1 atom stereocenters. The van der Waals surface area contributed by atoms with Crippen LogP contribution in [0.3, 0.4) is 0 Å². The smallest absolute Gasteiger partial charge is 0.115 e. The number of hydrogen-bond donors (Lipinski definition) is 1. The van der Waals surface area contributed by atoms with E-state index in [1.165, 1.54) is 0 Å². The quantitative estimate of drug-likeness (QED) is 0.785. The Balaban J connectivity index is 2.11. The first-order chi connectivity index (χ1) is 7.23. The van der Waals surface area contributed by atoms with Crippen LogP contribution in [-0.2, 0) is 0 Å². The molecule has 15 heavy (non-hydrogen) atoms. The summed E-state index contributed by atoms with van der Waals surface area (Å²) in [5.41, 5.74) is 1.34. The van der Waals surface area contributed by atoms with Crippen molar-refractivity contribution in [3.8, 4) is 0 Å². The van der Waals surface area contributed by atoms with Crippen molar-refractivity contribution in [1.82, 2.24) is 15.3 Å². The van der Waals surface area contributed by atoms with Gasteiger partial charge in [-0.1, -0.05) is 6.92 Å². The second kappa shape index (κ2) is 4.14. The van der Waals surface area contributed by atoms with Crippen molar-refractivity contribution in [1.29, 1.82) is 0 Å². The number of aromatic nitrogens is 2. The van der Waals surface area contributed by atoms with E-state index in [0.717, 1.165) is 31.7 Å². The standard InChI is InChI=1S/C11H18N4/c1-3-11(2)8-15(5-4-14-11)10-6-12-9-13-7-10/h6-7,9,14H,3-5,8H2,1-2H3. The third-order valence-electron chi connectivity index (χ3n) is 3.17. The van der Waals surface area contributed by atoms with Crippen LogP contribution in [0.1, 0.15) is 20.3 Å². The van der Waals surface area contributed by atoms with Crippen LogP contribution in [0.4, 0.5) is 5.69 Å². The van der Waals surface area contributed by atoms with Gasteiger partial charge in [-0.2, -0.15) is 0 Å². The monoisotopic (exact) mass is 206 g/mol. The van der Waals surface area contributed by atoms with Gasteiger partial charge in [0.25, 0.3) is 0 Å². The van der Waals surface area contributed by atoms with Crippen LogP contribution >= 0.6 is 0 Å². The van der Waals surface area contributed by atoms with Crippen molar-refractivity contribution in [2.75, 3.05) is 24.5 Å². The number of nitrogens with zero attached hydrogens (tertiary/aromatic N) is 3. The largest absolute Gasteiger partial charge is 0.366 e. The van der Waals surface area contributed by atoms with Crippen molar-refractivity contribution in [3.63, 3.8) is 0 Å². The minimum Gasteiger partial charge on any atom is -0.366 e. The Morgan fingerprint density at radius 3 is 2.87 bits per heavy atom. The Hall–Kier alpha value is -1.16. The topological polar surface area (TPSA) is 41.1 Å². The van der Waals surface area contributed by atoms with E-state index in [-0.39, 0.29) is 5.54 Å². The van der Waals surface area contributed by atoms with Crippen LogP contribution < -0.4 is 10.2 Å². The predicted molar refractivity (Wildman–Crippen MR) is 60.9 cm³/mol. The van der Waals surface area contributed by atoms with Crippen molar-refractivity contribution in [2.45, 2.75) is 25.8 Å². The third-order valence-corrected chi connectivity index (χ3v) is 3.17. The molecule has 0 amide bonds. The molecule has 0 aliphatic carbocycles. The molecule has 1 aromatic rings. The first-order valence-corrected chi connectivity index (χ1v) is 5.48. The zero-order chi connectivity index (χ0) is 10.7. The molecule has 0 bridgehead atoms. The van der Waals surface area contributed by atoms with Gasteiger partial charge in [-0.15, -0.1) is 0 Å². The molecular weight excluding hydrogens is 188 g/mol. The lowest BCUT2D eigenvalue weighted by Crippen LogP contribution is -2.58. The van der Waals surface area contributed by atoms with Gasteiger partial charge < -0.3 is 10.2 Å². The lowest BCUT2D eigenvalue weighted by molar-refractivity contribution is 0.314. The predicted octanol–water partition coefficient (Wildman–Crippen LogP) is 1.05. The van der Waals surface area contributed by atoms with Gasteiger partial charge in [-0.3, -0.25) is 0 Å². The van der Waals surface area contributed by atoms with Gasteiger partial charge >= 0.3 is 0 Å². The van der Waals surface area contributed by atoms with Crippen LogP contribution in [0.15, 0.2) is 18.7 Å². The molecule has 1 fully saturated rings. The summed E-state index contributed by atoms with van der Waals surface area (Å²) in [7, 11) is 0. The van der Waals surface area contributed by atoms with E-state index in [2.05, 4.69) is 34.0 Å². The number of piperazine rings is 1. The third kappa shape index (κ3) is 2.26. The molecule has 0 spiro atoms. The Morgan fingerprint density at radius 2 is 2.20 bits per heavy atom. The molecule has 0 aromatic carbocycles. The molecule has 4 nitrogen and oxygen atoms in total. The van der Waals surface area contributed by atoms with Gasteiger partial charge in [-0.05, 0) is 13.3 Å². The normalized spacial score (nSPS) is 26.7. The fourth-order valence-corrected chi connectivity index (χ4v) is 1.96. The van der Waals surface area contributed by atoms with E-state index >= 15 is 0 Å². The Kier molecular flexibility index (Phi) is 2.86. The van der Waals surface area contributed by atoms with E-state index in [4.69, 9.17) is 0 Å². The van der Waals surface area contributed by atoms with Crippen LogP contribution in [-0.4, -0.2) is 35.1 Å². The number of rotatable bonds is 2. The molecule has 1 saturated heterocycles. The summed E-state index contributed by atoms with van der Waals surface area (Å²) in [6.45, 7) is 7.57. The van der Waals surface area contributed by atoms with E-state index in [1.807, 2.05) is 12.4 Å². The SMILES string of the molecule is CCC1(C)CN(c2cncnc2)CCN1. The van der Waals surface area contributed by atoms with Gasteiger partial charge in [0.1, 0.15) is 6.33 Å². The minimum atomic E-state index is 0.216. The molecule has 1 N–H and O–H groups in total. The number of hydrogen-bond acceptors (Lipinski definition) is 4. The maximum atomic E-state index is 4.06. The second-order valence-corrected chi connectivity index (χ2v) is 4.36. The highest BCUT2D eigenvalue weighted by Gasteiger charge is 2.28. The summed E-state index contributed by atoms with van der Waals surface area (Å²) < 4.78 is 0. The maximum absolute atomic E-state index is 4.06. The minimum absolute atomic E-state index is 0.216. The fraction of sp³-hybridized carbons (Fsp3) is 0.636. The van der Waals surface area contributed by atoms with Gasteiger partial charge in [0, 0.05) is 25.2 Å². The summed E-state index contributed by atoms with van der Waals surface area (Å²) in [6, 6.07) is 0. The average Bonchev–Trinajstić information content (AvgIpc) is 2.30. The maximum Gasteiger partial charge on any atom is 0.115 e. The molecule has 1 aliphatic rings. The van der Waals surface area contributed by atoms with Crippen LogP contribution in [0.2, 0.25) is 0 Å². The van der Waals surface area contributed by atoms with Crippen LogP contribution in [0.25, 0.3) is 0 Å². The van der Waals surface area contributed by atoms with Gasteiger partial charge in [0.15, 0.2) is 0 Å². The highest BCUT2D eigenvalue weighted by Crippen LogP contribution is 2.20. The lowest BCUT2D eigenvalue weighted by Gasteiger charge is -2.41. The van der Waals surface area contributed by atoms with Crippen LogP contribution in [0.5, 0.6) is 0 Å². The molecule has 0 saturated carbocycles. The number of nitrogens with one attached hydrogen (secondary N) is 1. The lowest BCUT2D eigenvalue weighted by atomic mass is 9.96. The molecule has 1 aliphatic heterocycles. The first kappa shape index (κ1) is 10.4. The summed E-state index contributed by atoms with van der Waals surface area (Å²) in [5, 5.41) is 3.56. The van der Waals surface area contributed by atoms with Crippen molar-refractivity contribution in [3.05, 3.63) is 18.7 Å². The average molecular weight is 206 g/mol. The van der Waals surface area contributed by atoms with E-state index in [0.29, 0.717) is 0 Å². The van der Waals surface area contributed by atoms with Gasteiger partial charge in [-0.25, -0.2) is 9.97 Å². The highest BCUT2D eigenvalue weighted by atomic mass is 15.2. The molecule has 4 heteroatoms. The first-order valence-electron chi connectivity index (χ1n) is 5.48. The zero-order valence-electron chi connectivity index (χ0n) is 9.40. The summed E-state index contributed by atoms with van der Waals surface area (Å²) in [4.78, 5) is 10.5. The molecule has 0 radical (unpaired) electrons. The van der Waals surface area contributed by atoms with Crippen molar-refractivity contribution >= 4 is 5.69 Å².